The maximum atomic E-state index is 13.5. The summed E-state index contributed by atoms with van der Waals surface area (Å²) < 4.78 is 7.20. The molecule has 0 N–H and O–H groups in total. The van der Waals surface area contributed by atoms with E-state index in [4.69, 9.17) is 9.57 Å². The molecule has 2 aromatic rings. The molecule has 2 saturated heterocycles. The predicted octanol–water partition coefficient (Wildman–Crippen LogP) is 5.93. The lowest BCUT2D eigenvalue weighted by molar-refractivity contribution is -0.303. The minimum Gasteiger partial charge on any atom is -0.443 e. The van der Waals surface area contributed by atoms with Crippen molar-refractivity contribution in [1.29, 1.82) is 0 Å². The highest BCUT2D eigenvalue weighted by molar-refractivity contribution is 5.92. The molecule has 0 saturated carbocycles. The second-order valence-electron chi connectivity index (χ2n) is 12.6. The molecule has 3 heterocycles. The number of carbonyl (C=O) groups is 2. The van der Waals surface area contributed by atoms with Gasteiger partial charge in [0.2, 0.25) is 0 Å². The summed E-state index contributed by atoms with van der Waals surface area (Å²) in [6, 6.07) is 7.85. The number of piperidine rings is 2. The average Bonchev–Trinajstić information content (AvgIpc) is 3.14. The van der Waals surface area contributed by atoms with E-state index in [0.29, 0.717) is 13.0 Å². The maximum Gasteiger partial charge on any atom is 0.419 e. The van der Waals surface area contributed by atoms with E-state index < -0.39 is 11.7 Å². The molecule has 0 spiro atoms. The molecule has 2 fully saturated rings. The number of aromatic nitrogens is 1. The summed E-state index contributed by atoms with van der Waals surface area (Å²) >= 11 is 0. The van der Waals surface area contributed by atoms with E-state index in [1.165, 1.54) is 6.42 Å². The van der Waals surface area contributed by atoms with Crippen LogP contribution in [0.15, 0.2) is 30.5 Å². The van der Waals surface area contributed by atoms with Gasteiger partial charge in [0.25, 0.3) is 5.91 Å². The first-order valence-corrected chi connectivity index (χ1v) is 13.4. The largest absolute Gasteiger partial charge is 0.443 e. The summed E-state index contributed by atoms with van der Waals surface area (Å²) in [4.78, 5) is 34.7. The molecule has 1 aromatic carbocycles. The van der Waals surface area contributed by atoms with Crippen LogP contribution in [0.25, 0.3) is 10.9 Å². The van der Waals surface area contributed by atoms with Crippen molar-refractivity contribution in [2.45, 2.75) is 110 Å². The van der Waals surface area contributed by atoms with E-state index in [1.807, 2.05) is 56.1 Å². The molecule has 1 aromatic heterocycles. The van der Waals surface area contributed by atoms with Crippen molar-refractivity contribution in [3.05, 3.63) is 36.0 Å². The van der Waals surface area contributed by atoms with Gasteiger partial charge in [-0.15, -0.1) is 0 Å². The third kappa shape index (κ3) is 5.62. The smallest absolute Gasteiger partial charge is 0.419 e. The normalized spacial score (nSPS) is 22.7. The molecule has 1 atom stereocenters. The Labute approximate surface area is 215 Å². The fourth-order valence-electron chi connectivity index (χ4n) is 5.78. The quantitative estimate of drug-likeness (QED) is 0.512. The average molecular weight is 498 g/mol. The van der Waals surface area contributed by atoms with Crippen LogP contribution in [0.2, 0.25) is 0 Å². The number of likely N-dealkylation sites (tertiary alicyclic amines) is 1. The van der Waals surface area contributed by atoms with Crippen LogP contribution in [0.5, 0.6) is 0 Å². The van der Waals surface area contributed by atoms with Gasteiger partial charge in [-0.2, -0.15) is 5.06 Å². The van der Waals surface area contributed by atoms with E-state index in [9.17, 15) is 9.59 Å². The van der Waals surface area contributed by atoms with Crippen molar-refractivity contribution in [2.24, 2.45) is 0 Å². The number of hydrogen-bond donors (Lipinski definition) is 0. The number of benzene rings is 1. The van der Waals surface area contributed by atoms with Gasteiger partial charge in [-0.05, 0) is 98.6 Å². The summed E-state index contributed by atoms with van der Waals surface area (Å²) in [5, 5.41) is 3.11. The molecule has 0 bridgehead atoms. The van der Waals surface area contributed by atoms with Crippen LogP contribution in [0.3, 0.4) is 0 Å². The van der Waals surface area contributed by atoms with Crippen LogP contribution in [0, 0.1) is 0 Å². The third-order valence-corrected chi connectivity index (χ3v) is 7.43. The Hall–Kier alpha value is -2.38. The Bertz CT molecular complexity index is 1100. The molecule has 198 valence electrons. The molecule has 1 amide bonds. The highest BCUT2D eigenvalue weighted by atomic mass is 16.7. The summed E-state index contributed by atoms with van der Waals surface area (Å²) in [7, 11) is 0. The van der Waals surface area contributed by atoms with Gasteiger partial charge in [-0.25, -0.2) is 4.79 Å². The van der Waals surface area contributed by atoms with Crippen LogP contribution in [0.1, 0.15) is 86.1 Å². The molecule has 4 rings (SSSR count). The highest BCUT2D eigenvalue weighted by Crippen LogP contribution is 2.39. The number of fused-ring (bicyclic) bond motifs is 1. The Morgan fingerprint density at radius 2 is 1.72 bits per heavy atom. The van der Waals surface area contributed by atoms with E-state index in [-0.39, 0.29) is 23.1 Å². The lowest BCUT2D eigenvalue weighted by Gasteiger charge is -2.52. The number of rotatable bonds is 5. The van der Waals surface area contributed by atoms with Crippen LogP contribution in [-0.2, 0) is 20.8 Å². The Morgan fingerprint density at radius 1 is 1.06 bits per heavy atom. The van der Waals surface area contributed by atoms with E-state index in [1.54, 1.807) is 4.57 Å². The Kier molecular flexibility index (Phi) is 7.28. The molecule has 7 nitrogen and oxygen atoms in total. The molecule has 2 aliphatic heterocycles. The van der Waals surface area contributed by atoms with E-state index >= 15 is 0 Å². The van der Waals surface area contributed by atoms with Gasteiger partial charge in [-0.3, -0.25) is 14.2 Å². The zero-order valence-corrected chi connectivity index (χ0v) is 23.1. The lowest BCUT2D eigenvalue weighted by Crippen LogP contribution is -2.61. The zero-order chi connectivity index (χ0) is 26.3. The van der Waals surface area contributed by atoms with Crippen molar-refractivity contribution in [1.82, 2.24) is 14.5 Å². The third-order valence-electron chi connectivity index (χ3n) is 7.43. The van der Waals surface area contributed by atoms with Gasteiger partial charge in [0, 0.05) is 35.8 Å². The van der Waals surface area contributed by atoms with Crippen LogP contribution in [-0.4, -0.2) is 62.4 Å². The molecule has 0 aliphatic carbocycles. The minimum atomic E-state index is -0.574. The number of hydroxylamine groups is 2. The first-order valence-electron chi connectivity index (χ1n) is 13.4. The van der Waals surface area contributed by atoms with Gasteiger partial charge < -0.3 is 9.64 Å². The fourth-order valence-corrected chi connectivity index (χ4v) is 5.78. The van der Waals surface area contributed by atoms with Crippen molar-refractivity contribution < 1.29 is 19.2 Å². The second kappa shape index (κ2) is 9.82. The Morgan fingerprint density at radius 3 is 2.39 bits per heavy atom. The van der Waals surface area contributed by atoms with E-state index in [2.05, 4.69) is 32.8 Å². The summed E-state index contributed by atoms with van der Waals surface area (Å²) in [5.41, 5.74) is 1.07. The van der Waals surface area contributed by atoms with Gasteiger partial charge >= 0.3 is 6.09 Å². The molecular weight excluding hydrogens is 454 g/mol. The first kappa shape index (κ1) is 26.7. The second-order valence-corrected chi connectivity index (χ2v) is 12.6. The predicted molar refractivity (Wildman–Crippen MR) is 142 cm³/mol. The molecule has 36 heavy (non-hydrogen) atoms. The Balaban J connectivity index is 1.47. The van der Waals surface area contributed by atoms with Crippen molar-refractivity contribution in [2.75, 3.05) is 13.1 Å². The maximum absolute atomic E-state index is 13.5. The molecule has 2 aliphatic rings. The zero-order valence-electron chi connectivity index (χ0n) is 23.1. The standard InChI is InChI=1S/C29H43N3O4/c1-27(2,3)35-26(34)31-20-21(22-12-8-9-13-23(22)31)15-19-30-18-10-14-24(25(30)33)36-32-28(4,5)16-11-17-29(32,6)7/h8-9,12-13,20,24H,10-11,14-19H2,1-7H3. The summed E-state index contributed by atoms with van der Waals surface area (Å²) in [5.74, 6) is 0.0642. The van der Waals surface area contributed by atoms with Crippen molar-refractivity contribution in [3.63, 3.8) is 0 Å². The fraction of sp³-hybridized carbons (Fsp3) is 0.655. The monoisotopic (exact) mass is 497 g/mol. The number of para-hydroxylation sites is 1. The molecule has 0 radical (unpaired) electrons. The van der Waals surface area contributed by atoms with Crippen LogP contribution in [0.4, 0.5) is 4.79 Å². The lowest BCUT2D eigenvalue weighted by atomic mass is 9.82. The number of carbonyl (C=O) groups excluding carboxylic acids is 2. The van der Waals surface area contributed by atoms with Crippen LogP contribution >= 0.6 is 0 Å². The van der Waals surface area contributed by atoms with Gasteiger partial charge in [0.05, 0.1) is 5.52 Å². The number of amides is 1. The molecule has 1 unspecified atom stereocenters. The molecule has 7 heteroatoms. The van der Waals surface area contributed by atoms with Crippen molar-refractivity contribution in [3.8, 4) is 0 Å². The van der Waals surface area contributed by atoms with Crippen LogP contribution < -0.4 is 0 Å². The van der Waals surface area contributed by atoms with Crippen molar-refractivity contribution >= 4 is 22.9 Å². The van der Waals surface area contributed by atoms with Gasteiger partial charge in [0.15, 0.2) is 6.10 Å². The first-order chi connectivity index (χ1) is 16.8. The SMILES string of the molecule is CC(C)(C)OC(=O)n1cc(CCN2CCCC(ON3C(C)(C)CCCC3(C)C)C2=O)c2ccccc21. The summed E-state index contributed by atoms with van der Waals surface area (Å²) in [6.07, 6.45) is 6.64. The molecular formula is C29H43N3O4. The van der Waals surface area contributed by atoms with Gasteiger partial charge in [-0.1, -0.05) is 18.2 Å². The van der Waals surface area contributed by atoms with Gasteiger partial charge in [0.1, 0.15) is 5.60 Å². The number of hydrogen-bond acceptors (Lipinski definition) is 5. The van der Waals surface area contributed by atoms with E-state index in [0.717, 1.165) is 48.7 Å². The summed E-state index contributed by atoms with van der Waals surface area (Å²) in [6.45, 7) is 15.7. The topological polar surface area (TPSA) is 64.0 Å². The minimum absolute atomic E-state index is 0.0642. The number of ether oxygens (including phenoxy) is 1. The number of nitrogens with zero attached hydrogens (tertiary/aromatic N) is 3. The highest BCUT2D eigenvalue weighted by Gasteiger charge is 2.45.